The molecule has 0 radical (unpaired) electrons. The van der Waals surface area contributed by atoms with Crippen LogP contribution in [0.5, 0.6) is 11.5 Å². The van der Waals surface area contributed by atoms with Crippen LogP contribution in [0.2, 0.25) is 0 Å². The lowest BCUT2D eigenvalue weighted by molar-refractivity contribution is -0.0913. The lowest BCUT2D eigenvalue weighted by atomic mass is 9.81. The number of nitrogens with one attached hydrogen (secondary N) is 2. The highest BCUT2D eigenvalue weighted by Crippen LogP contribution is 2.33. The van der Waals surface area contributed by atoms with Crippen molar-refractivity contribution in [1.29, 1.82) is 0 Å². The highest BCUT2D eigenvalue weighted by atomic mass is 16.5. The maximum atomic E-state index is 6.09. The van der Waals surface area contributed by atoms with Gasteiger partial charge in [-0.1, -0.05) is 0 Å². The minimum absolute atomic E-state index is 0.0767. The summed E-state index contributed by atoms with van der Waals surface area (Å²) in [6.45, 7) is 3.63. The standard InChI is InChI=1S/C21H29N3O3/c1-25-17-10-19-18(20(11-17)26-2)9-15(13-24-19)12-23-16-3-5-21(6-4-16)14-22-7-8-27-21/h9-11,13,16,22-23H,3-8,12,14H2,1-2H3. The van der Waals surface area contributed by atoms with Gasteiger partial charge in [-0.05, 0) is 37.3 Å². The van der Waals surface area contributed by atoms with E-state index in [9.17, 15) is 0 Å². The number of methoxy groups -OCH3 is 2. The lowest BCUT2D eigenvalue weighted by Gasteiger charge is -2.43. The highest BCUT2D eigenvalue weighted by Gasteiger charge is 2.37. The molecular weight excluding hydrogens is 342 g/mol. The molecule has 1 aromatic heterocycles. The van der Waals surface area contributed by atoms with Gasteiger partial charge >= 0.3 is 0 Å². The summed E-state index contributed by atoms with van der Waals surface area (Å²) in [7, 11) is 3.33. The molecule has 6 nitrogen and oxygen atoms in total. The van der Waals surface area contributed by atoms with Gasteiger partial charge in [-0.2, -0.15) is 0 Å². The first kappa shape index (κ1) is 18.5. The molecule has 6 heteroatoms. The van der Waals surface area contributed by atoms with Crippen LogP contribution in [-0.2, 0) is 11.3 Å². The van der Waals surface area contributed by atoms with Crippen LogP contribution in [0.25, 0.3) is 10.9 Å². The lowest BCUT2D eigenvalue weighted by Crippen LogP contribution is -2.53. The van der Waals surface area contributed by atoms with E-state index in [1.54, 1.807) is 14.2 Å². The van der Waals surface area contributed by atoms with Crippen LogP contribution >= 0.6 is 0 Å². The van der Waals surface area contributed by atoms with Gasteiger partial charge in [0, 0.05) is 49.4 Å². The Bertz CT molecular complexity index is 780. The molecule has 146 valence electrons. The zero-order chi connectivity index (χ0) is 18.7. The van der Waals surface area contributed by atoms with Gasteiger partial charge in [0.25, 0.3) is 0 Å². The predicted molar refractivity (Wildman–Crippen MR) is 105 cm³/mol. The zero-order valence-electron chi connectivity index (χ0n) is 16.2. The number of benzene rings is 1. The number of rotatable bonds is 5. The Morgan fingerprint density at radius 2 is 2.07 bits per heavy atom. The van der Waals surface area contributed by atoms with E-state index in [1.807, 2.05) is 18.3 Å². The second-order valence-corrected chi connectivity index (χ2v) is 7.60. The summed E-state index contributed by atoms with van der Waals surface area (Å²) in [5.74, 6) is 1.55. The largest absolute Gasteiger partial charge is 0.497 e. The number of aromatic nitrogens is 1. The molecule has 0 amide bonds. The molecular formula is C21H29N3O3. The summed E-state index contributed by atoms with van der Waals surface area (Å²) in [5.41, 5.74) is 2.13. The molecule has 2 fully saturated rings. The molecule has 0 bridgehead atoms. The fourth-order valence-corrected chi connectivity index (χ4v) is 4.24. The molecule has 1 spiro atoms. The second-order valence-electron chi connectivity index (χ2n) is 7.60. The molecule has 0 atom stereocenters. The molecule has 1 aromatic carbocycles. The minimum Gasteiger partial charge on any atom is -0.497 e. The van der Waals surface area contributed by atoms with Crippen molar-refractivity contribution < 1.29 is 14.2 Å². The van der Waals surface area contributed by atoms with E-state index in [1.165, 1.54) is 5.56 Å². The smallest absolute Gasteiger partial charge is 0.131 e. The van der Waals surface area contributed by atoms with Gasteiger partial charge < -0.3 is 24.8 Å². The molecule has 1 aliphatic carbocycles. The number of ether oxygens (including phenoxy) is 3. The first-order valence-electron chi connectivity index (χ1n) is 9.80. The van der Waals surface area contributed by atoms with Crippen molar-refractivity contribution in [1.82, 2.24) is 15.6 Å². The van der Waals surface area contributed by atoms with Crippen LogP contribution in [0.4, 0.5) is 0 Å². The Labute approximate surface area is 160 Å². The number of fused-ring (bicyclic) bond motifs is 1. The van der Waals surface area contributed by atoms with E-state index >= 15 is 0 Å². The third-order valence-corrected chi connectivity index (χ3v) is 5.87. The third-order valence-electron chi connectivity index (χ3n) is 5.87. The van der Waals surface area contributed by atoms with E-state index in [0.29, 0.717) is 6.04 Å². The quantitative estimate of drug-likeness (QED) is 0.842. The van der Waals surface area contributed by atoms with Gasteiger partial charge in [0.1, 0.15) is 11.5 Å². The Morgan fingerprint density at radius 3 is 2.78 bits per heavy atom. The topological polar surface area (TPSA) is 64.6 Å². The molecule has 1 aliphatic heterocycles. The summed E-state index contributed by atoms with van der Waals surface area (Å²) in [6.07, 6.45) is 6.50. The van der Waals surface area contributed by atoms with E-state index in [4.69, 9.17) is 14.2 Å². The van der Waals surface area contributed by atoms with Crippen LogP contribution in [0.15, 0.2) is 24.4 Å². The molecule has 27 heavy (non-hydrogen) atoms. The molecule has 2 aromatic rings. The van der Waals surface area contributed by atoms with Gasteiger partial charge in [0.2, 0.25) is 0 Å². The van der Waals surface area contributed by atoms with E-state index in [0.717, 1.165) is 74.3 Å². The number of pyridine rings is 1. The SMILES string of the molecule is COc1cc(OC)c2cc(CNC3CCC4(CC3)CNCCO4)cnc2c1. The van der Waals surface area contributed by atoms with Crippen molar-refractivity contribution in [3.63, 3.8) is 0 Å². The first-order valence-corrected chi connectivity index (χ1v) is 9.80. The highest BCUT2D eigenvalue weighted by molar-refractivity contribution is 5.87. The summed E-state index contributed by atoms with van der Waals surface area (Å²) in [4.78, 5) is 4.60. The average molecular weight is 371 g/mol. The molecule has 2 aliphatic rings. The van der Waals surface area contributed by atoms with E-state index in [-0.39, 0.29) is 5.60 Å². The third kappa shape index (κ3) is 4.03. The predicted octanol–water partition coefficient (Wildman–Crippen LogP) is 2.64. The maximum absolute atomic E-state index is 6.09. The Kier molecular flexibility index (Phi) is 5.48. The van der Waals surface area contributed by atoms with Gasteiger partial charge in [-0.15, -0.1) is 0 Å². The summed E-state index contributed by atoms with van der Waals surface area (Å²) in [6, 6.07) is 6.54. The van der Waals surface area contributed by atoms with Crippen molar-refractivity contribution in [3.05, 3.63) is 30.0 Å². The van der Waals surface area contributed by atoms with Crippen LogP contribution < -0.4 is 20.1 Å². The van der Waals surface area contributed by atoms with Gasteiger partial charge in [-0.3, -0.25) is 4.98 Å². The van der Waals surface area contributed by atoms with Gasteiger partial charge in [0.05, 0.1) is 31.9 Å². The number of hydrogen-bond donors (Lipinski definition) is 2. The average Bonchev–Trinajstić information content (AvgIpc) is 2.73. The normalized spacial score (nSPS) is 25.6. The fraction of sp³-hybridized carbons (Fsp3) is 0.571. The molecule has 1 saturated heterocycles. The zero-order valence-corrected chi connectivity index (χ0v) is 16.2. The van der Waals surface area contributed by atoms with Crippen molar-refractivity contribution in [2.45, 2.75) is 43.9 Å². The van der Waals surface area contributed by atoms with Crippen LogP contribution in [0, 0.1) is 0 Å². The number of nitrogens with zero attached hydrogens (tertiary/aromatic N) is 1. The Hall–Kier alpha value is -1.89. The van der Waals surface area contributed by atoms with Crippen LogP contribution in [0.1, 0.15) is 31.2 Å². The Morgan fingerprint density at radius 1 is 1.22 bits per heavy atom. The van der Waals surface area contributed by atoms with Gasteiger partial charge in [0.15, 0.2) is 0 Å². The first-order chi connectivity index (χ1) is 13.2. The van der Waals surface area contributed by atoms with Crippen LogP contribution in [0.3, 0.4) is 0 Å². The Balaban J connectivity index is 1.39. The van der Waals surface area contributed by atoms with E-state index < -0.39 is 0 Å². The van der Waals surface area contributed by atoms with E-state index in [2.05, 4.69) is 21.7 Å². The van der Waals surface area contributed by atoms with Crippen LogP contribution in [-0.4, -0.2) is 50.5 Å². The summed E-state index contributed by atoms with van der Waals surface area (Å²) >= 11 is 0. The summed E-state index contributed by atoms with van der Waals surface area (Å²) < 4.78 is 16.9. The van der Waals surface area contributed by atoms with Crippen molar-refractivity contribution >= 4 is 10.9 Å². The molecule has 0 unspecified atom stereocenters. The fourth-order valence-electron chi connectivity index (χ4n) is 4.24. The minimum atomic E-state index is 0.0767. The number of morpholine rings is 1. The maximum Gasteiger partial charge on any atom is 0.131 e. The van der Waals surface area contributed by atoms with Crippen molar-refractivity contribution in [2.75, 3.05) is 33.9 Å². The molecule has 2 heterocycles. The van der Waals surface area contributed by atoms with Crippen molar-refractivity contribution in [2.24, 2.45) is 0 Å². The summed E-state index contributed by atoms with van der Waals surface area (Å²) in [5, 5.41) is 8.20. The molecule has 1 saturated carbocycles. The monoisotopic (exact) mass is 371 g/mol. The van der Waals surface area contributed by atoms with Crippen molar-refractivity contribution in [3.8, 4) is 11.5 Å². The second kappa shape index (κ2) is 8.00. The molecule has 2 N–H and O–H groups in total. The van der Waals surface area contributed by atoms with Gasteiger partial charge in [-0.25, -0.2) is 0 Å². The number of hydrogen-bond acceptors (Lipinski definition) is 6. The molecule has 4 rings (SSSR count).